The molecule has 1 amide bonds. The van der Waals surface area contributed by atoms with E-state index >= 15 is 0 Å². The smallest absolute Gasteiger partial charge is 0.270 e. The summed E-state index contributed by atoms with van der Waals surface area (Å²) < 4.78 is 0. The molecule has 1 saturated heterocycles. The van der Waals surface area contributed by atoms with Crippen LogP contribution in [0.1, 0.15) is 16.7 Å². The van der Waals surface area contributed by atoms with Crippen molar-refractivity contribution >= 4 is 34.7 Å². The van der Waals surface area contributed by atoms with Gasteiger partial charge in [0.25, 0.3) is 5.69 Å². The summed E-state index contributed by atoms with van der Waals surface area (Å²) >= 11 is 1.33. The van der Waals surface area contributed by atoms with E-state index in [1.165, 1.54) is 30.1 Å². The predicted octanol–water partition coefficient (Wildman–Crippen LogP) is 3.07. The third kappa shape index (κ3) is 4.34. The minimum absolute atomic E-state index is 0.0107. The van der Waals surface area contributed by atoms with Gasteiger partial charge < -0.3 is 5.32 Å². The van der Waals surface area contributed by atoms with Crippen molar-refractivity contribution in [2.24, 2.45) is 10.2 Å². The van der Waals surface area contributed by atoms with Gasteiger partial charge in [-0.3, -0.25) is 14.9 Å². The van der Waals surface area contributed by atoms with Gasteiger partial charge >= 0.3 is 0 Å². The first-order valence-electron chi connectivity index (χ1n) is 7.90. The highest BCUT2D eigenvalue weighted by atomic mass is 32.2. The van der Waals surface area contributed by atoms with Crippen LogP contribution in [0.2, 0.25) is 0 Å². The second-order valence-electron chi connectivity index (χ2n) is 5.73. The second kappa shape index (κ2) is 7.92. The molecule has 1 fully saturated rings. The van der Waals surface area contributed by atoms with Crippen LogP contribution in [-0.2, 0) is 11.2 Å². The van der Waals surface area contributed by atoms with E-state index in [2.05, 4.69) is 15.5 Å². The van der Waals surface area contributed by atoms with Crippen LogP contribution in [0.5, 0.6) is 0 Å². The Morgan fingerprint density at radius 1 is 1.27 bits per heavy atom. The summed E-state index contributed by atoms with van der Waals surface area (Å²) in [7, 11) is 0. The van der Waals surface area contributed by atoms with Gasteiger partial charge in [-0.05, 0) is 24.5 Å². The van der Waals surface area contributed by atoms with Gasteiger partial charge in [0.05, 0.1) is 16.4 Å². The van der Waals surface area contributed by atoms with Crippen LogP contribution in [0, 0.1) is 17.0 Å². The Hall–Kier alpha value is -3.00. The molecule has 0 saturated carbocycles. The van der Waals surface area contributed by atoms with E-state index in [-0.39, 0.29) is 16.8 Å². The summed E-state index contributed by atoms with van der Waals surface area (Å²) in [5.41, 5.74) is 2.83. The Morgan fingerprint density at radius 2 is 2.08 bits per heavy atom. The number of aryl methyl sites for hydroxylation is 1. The fourth-order valence-corrected chi connectivity index (χ4v) is 3.44. The maximum Gasteiger partial charge on any atom is 0.270 e. The van der Waals surface area contributed by atoms with E-state index < -0.39 is 4.92 Å². The van der Waals surface area contributed by atoms with Crippen LogP contribution < -0.4 is 5.32 Å². The molecule has 0 radical (unpaired) electrons. The normalized spacial score (nSPS) is 18.4. The van der Waals surface area contributed by atoms with Crippen molar-refractivity contribution in [1.29, 1.82) is 0 Å². The van der Waals surface area contributed by atoms with Crippen LogP contribution in [0.25, 0.3) is 0 Å². The maximum atomic E-state index is 12.1. The molecule has 1 atom stereocenters. The van der Waals surface area contributed by atoms with Crippen molar-refractivity contribution in [2.45, 2.75) is 18.6 Å². The SMILES string of the molecule is Cc1ccccc1C[C@@H]1S/C(=N\N=C/c2cccc([N+](=O)[O-])c2)NC1=O. The van der Waals surface area contributed by atoms with E-state index in [0.29, 0.717) is 17.2 Å². The van der Waals surface area contributed by atoms with E-state index in [1.807, 2.05) is 31.2 Å². The lowest BCUT2D eigenvalue weighted by atomic mass is 10.0. The highest BCUT2D eigenvalue weighted by Crippen LogP contribution is 2.24. The number of nitrogens with one attached hydrogen (secondary N) is 1. The quantitative estimate of drug-likeness (QED) is 0.498. The molecule has 1 heterocycles. The Balaban J connectivity index is 1.65. The molecule has 132 valence electrons. The third-order valence-corrected chi connectivity index (χ3v) is 4.95. The molecule has 1 N–H and O–H groups in total. The first-order chi connectivity index (χ1) is 12.5. The molecule has 0 aliphatic carbocycles. The summed E-state index contributed by atoms with van der Waals surface area (Å²) in [6.07, 6.45) is 2.04. The van der Waals surface area contributed by atoms with Gasteiger partial charge in [-0.25, -0.2) is 0 Å². The maximum absolute atomic E-state index is 12.1. The number of carbonyl (C=O) groups excluding carboxylic acids is 1. The lowest BCUT2D eigenvalue weighted by Crippen LogP contribution is -2.26. The molecule has 0 unspecified atom stereocenters. The first-order valence-corrected chi connectivity index (χ1v) is 8.78. The third-order valence-electron chi connectivity index (χ3n) is 3.88. The van der Waals surface area contributed by atoms with Crippen LogP contribution in [0.4, 0.5) is 5.69 Å². The molecule has 3 rings (SSSR count). The zero-order chi connectivity index (χ0) is 18.5. The number of non-ortho nitro benzene ring substituents is 1. The molecule has 0 bridgehead atoms. The largest absolute Gasteiger partial charge is 0.303 e. The van der Waals surface area contributed by atoms with Crippen LogP contribution in [0.3, 0.4) is 0 Å². The average Bonchev–Trinajstić information content (AvgIpc) is 2.97. The van der Waals surface area contributed by atoms with Crippen molar-refractivity contribution in [1.82, 2.24) is 5.32 Å². The number of nitro benzene ring substituents is 1. The molecule has 0 spiro atoms. The number of benzene rings is 2. The van der Waals surface area contributed by atoms with Crippen LogP contribution >= 0.6 is 11.8 Å². The van der Waals surface area contributed by atoms with E-state index in [4.69, 9.17) is 0 Å². The van der Waals surface area contributed by atoms with Crippen molar-refractivity contribution in [3.63, 3.8) is 0 Å². The first kappa shape index (κ1) is 17.8. The number of amidine groups is 1. The zero-order valence-corrected chi connectivity index (χ0v) is 14.8. The van der Waals surface area contributed by atoms with Gasteiger partial charge in [0.2, 0.25) is 5.91 Å². The summed E-state index contributed by atoms with van der Waals surface area (Å²) in [6, 6.07) is 14.0. The van der Waals surface area contributed by atoms with E-state index in [9.17, 15) is 14.9 Å². The molecule has 2 aromatic carbocycles. The molecule has 2 aromatic rings. The highest BCUT2D eigenvalue weighted by molar-refractivity contribution is 8.15. The Morgan fingerprint density at radius 3 is 2.85 bits per heavy atom. The molecule has 1 aliphatic heterocycles. The number of nitro groups is 1. The lowest BCUT2D eigenvalue weighted by Gasteiger charge is -2.07. The minimum atomic E-state index is -0.466. The fourth-order valence-electron chi connectivity index (χ4n) is 2.49. The summed E-state index contributed by atoms with van der Waals surface area (Å²) in [4.78, 5) is 22.4. The summed E-state index contributed by atoms with van der Waals surface area (Å²) in [5.74, 6) is -0.0949. The van der Waals surface area contributed by atoms with Gasteiger partial charge in [-0.15, -0.1) is 5.10 Å². The van der Waals surface area contributed by atoms with Gasteiger partial charge in [-0.2, -0.15) is 5.10 Å². The molecule has 7 nitrogen and oxygen atoms in total. The standard InChI is InChI=1S/C18H16N4O3S/c1-12-5-2-3-7-14(12)10-16-17(23)20-18(26-16)21-19-11-13-6-4-8-15(9-13)22(24)25/h2-9,11,16H,10H2,1H3,(H,20,21,23)/b19-11-/t16-/m0/s1. The van der Waals surface area contributed by atoms with Crippen LogP contribution in [0.15, 0.2) is 58.7 Å². The van der Waals surface area contributed by atoms with E-state index in [1.54, 1.807) is 12.1 Å². The molecular formula is C18H16N4O3S. The molecule has 1 aliphatic rings. The molecule has 0 aromatic heterocycles. The summed E-state index contributed by atoms with van der Waals surface area (Å²) in [5, 5.41) is 21.6. The number of rotatable bonds is 5. The topological polar surface area (TPSA) is 97.0 Å². The van der Waals surface area contributed by atoms with Crippen molar-refractivity contribution < 1.29 is 9.72 Å². The predicted molar refractivity (Wildman–Crippen MR) is 103 cm³/mol. The van der Waals surface area contributed by atoms with Crippen molar-refractivity contribution in [3.8, 4) is 0 Å². The van der Waals surface area contributed by atoms with Gasteiger partial charge in [0, 0.05) is 17.7 Å². The van der Waals surface area contributed by atoms with E-state index in [0.717, 1.165) is 11.1 Å². The number of hydrogen-bond donors (Lipinski definition) is 1. The Bertz CT molecular complexity index is 911. The number of carbonyl (C=O) groups is 1. The second-order valence-corrected chi connectivity index (χ2v) is 6.92. The number of nitrogens with zero attached hydrogens (tertiary/aromatic N) is 3. The molecule has 8 heteroatoms. The fraction of sp³-hybridized carbons (Fsp3) is 0.167. The van der Waals surface area contributed by atoms with Crippen molar-refractivity contribution in [2.75, 3.05) is 0 Å². The van der Waals surface area contributed by atoms with Crippen molar-refractivity contribution in [3.05, 3.63) is 75.3 Å². The Kier molecular flexibility index (Phi) is 5.43. The zero-order valence-electron chi connectivity index (χ0n) is 14.0. The average molecular weight is 368 g/mol. The number of thioether (sulfide) groups is 1. The van der Waals surface area contributed by atoms with Gasteiger partial charge in [0.1, 0.15) is 0 Å². The molecule has 26 heavy (non-hydrogen) atoms. The minimum Gasteiger partial charge on any atom is -0.303 e. The summed E-state index contributed by atoms with van der Waals surface area (Å²) in [6.45, 7) is 2.02. The van der Waals surface area contributed by atoms with Gasteiger partial charge in [-0.1, -0.05) is 48.2 Å². The number of amides is 1. The van der Waals surface area contributed by atoms with Crippen LogP contribution in [-0.4, -0.2) is 27.5 Å². The monoisotopic (exact) mass is 368 g/mol. The highest BCUT2D eigenvalue weighted by Gasteiger charge is 2.30. The lowest BCUT2D eigenvalue weighted by molar-refractivity contribution is -0.384. The van der Waals surface area contributed by atoms with Gasteiger partial charge in [0.15, 0.2) is 5.17 Å². The Labute approximate surface area is 154 Å². The molecular weight excluding hydrogens is 352 g/mol. The number of hydrogen-bond acceptors (Lipinski definition) is 6.